The van der Waals surface area contributed by atoms with Crippen LogP contribution in [0.2, 0.25) is 5.02 Å². The summed E-state index contributed by atoms with van der Waals surface area (Å²) in [4.78, 5) is 14.1. The van der Waals surface area contributed by atoms with Gasteiger partial charge in [0, 0.05) is 19.2 Å². The molecule has 0 radical (unpaired) electrons. The number of rotatable bonds is 4. The van der Waals surface area contributed by atoms with E-state index in [4.69, 9.17) is 26.3 Å². The number of carbonyl (C=O) groups excluding carboxylic acids is 1. The first-order chi connectivity index (χ1) is 10.7. The van der Waals surface area contributed by atoms with Gasteiger partial charge in [-0.05, 0) is 18.9 Å². The van der Waals surface area contributed by atoms with Crippen molar-refractivity contribution in [2.45, 2.75) is 25.7 Å². The Morgan fingerprint density at radius 2 is 2.00 bits per heavy atom. The fourth-order valence-electron chi connectivity index (χ4n) is 2.47. The van der Waals surface area contributed by atoms with Gasteiger partial charge in [0.25, 0.3) is 5.91 Å². The van der Waals surface area contributed by atoms with Gasteiger partial charge in [0.2, 0.25) is 0 Å². The van der Waals surface area contributed by atoms with Crippen LogP contribution in [0, 0.1) is 11.3 Å². The summed E-state index contributed by atoms with van der Waals surface area (Å²) < 4.78 is 10.7. The van der Waals surface area contributed by atoms with E-state index in [0.29, 0.717) is 17.1 Å². The average molecular weight is 323 g/mol. The monoisotopic (exact) mass is 322 g/mol. The number of hydrogen-bond acceptors (Lipinski definition) is 4. The number of halogens is 1. The molecule has 118 valence electrons. The lowest BCUT2D eigenvalue weighted by atomic mass is 10.2. The summed E-state index contributed by atoms with van der Waals surface area (Å²) in [5.41, 5.74) is 0.382. The van der Waals surface area contributed by atoms with E-state index in [1.165, 1.54) is 32.1 Å². The van der Waals surface area contributed by atoms with Crippen molar-refractivity contribution in [3.05, 3.63) is 22.7 Å². The van der Waals surface area contributed by atoms with E-state index < -0.39 is 0 Å². The van der Waals surface area contributed by atoms with Crippen LogP contribution in [0.15, 0.2) is 12.1 Å². The van der Waals surface area contributed by atoms with Crippen LogP contribution in [0.1, 0.15) is 31.2 Å². The fourth-order valence-corrected chi connectivity index (χ4v) is 2.73. The van der Waals surface area contributed by atoms with Crippen molar-refractivity contribution < 1.29 is 14.3 Å². The quantitative estimate of drug-likeness (QED) is 0.855. The van der Waals surface area contributed by atoms with Crippen molar-refractivity contribution in [1.82, 2.24) is 4.90 Å². The number of carbonyl (C=O) groups is 1. The molecule has 0 bridgehead atoms. The molecule has 1 aliphatic heterocycles. The molecule has 1 amide bonds. The highest BCUT2D eigenvalue weighted by molar-refractivity contribution is 6.32. The first-order valence-electron chi connectivity index (χ1n) is 7.34. The second-order valence-corrected chi connectivity index (χ2v) is 5.59. The number of hydrogen-bond donors (Lipinski definition) is 0. The highest BCUT2D eigenvalue weighted by atomic mass is 35.5. The lowest BCUT2D eigenvalue weighted by molar-refractivity contribution is -0.133. The molecule has 2 rings (SSSR count). The Morgan fingerprint density at radius 1 is 1.32 bits per heavy atom. The lowest BCUT2D eigenvalue weighted by Crippen LogP contribution is -2.35. The van der Waals surface area contributed by atoms with E-state index in [2.05, 4.69) is 0 Å². The second kappa shape index (κ2) is 7.90. The largest absolute Gasteiger partial charge is 0.493 e. The third kappa shape index (κ3) is 4.05. The van der Waals surface area contributed by atoms with Gasteiger partial charge in [0.05, 0.1) is 23.8 Å². The molecule has 1 heterocycles. The summed E-state index contributed by atoms with van der Waals surface area (Å²) >= 11 is 6.11. The van der Waals surface area contributed by atoms with Crippen molar-refractivity contribution >= 4 is 17.5 Å². The molecule has 6 heteroatoms. The third-order valence-electron chi connectivity index (χ3n) is 3.66. The summed E-state index contributed by atoms with van der Waals surface area (Å²) in [7, 11) is 1.47. The van der Waals surface area contributed by atoms with Crippen LogP contribution in [0.4, 0.5) is 0 Å². The van der Waals surface area contributed by atoms with Crippen molar-refractivity contribution in [3.8, 4) is 17.6 Å². The molecule has 0 spiro atoms. The van der Waals surface area contributed by atoms with Crippen molar-refractivity contribution in [2.75, 3.05) is 26.8 Å². The number of methoxy groups -OCH3 is 1. The van der Waals surface area contributed by atoms with Gasteiger partial charge in [-0.25, -0.2) is 0 Å². The van der Waals surface area contributed by atoms with E-state index in [0.717, 1.165) is 25.9 Å². The number of amides is 1. The maximum absolute atomic E-state index is 12.2. The smallest absolute Gasteiger partial charge is 0.260 e. The van der Waals surface area contributed by atoms with Gasteiger partial charge in [-0.2, -0.15) is 5.26 Å². The number of ether oxygens (including phenoxy) is 2. The first kappa shape index (κ1) is 16.4. The first-order valence-corrected chi connectivity index (χ1v) is 7.71. The molecule has 0 atom stereocenters. The molecule has 0 N–H and O–H groups in total. The van der Waals surface area contributed by atoms with Crippen molar-refractivity contribution in [2.24, 2.45) is 0 Å². The van der Waals surface area contributed by atoms with Gasteiger partial charge >= 0.3 is 0 Å². The minimum Gasteiger partial charge on any atom is -0.493 e. The van der Waals surface area contributed by atoms with Crippen molar-refractivity contribution in [3.63, 3.8) is 0 Å². The molecule has 5 nitrogen and oxygen atoms in total. The molecule has 22 heavy (non-hydrogen) atoms. The summed E-state index contributed by atoms with van der Waals surface area (Å²) in [6, 6.07) is 5.03. The Hall–Kier alpha value is -1.93. The zero-order chi connectivity index (χ0) is 15.9. The molecular formula is C16H19ClN2O3. The van der Waals surface area contributed by atoms with Gasteiger partial charge in [-0.1, -0.05) is 24.4 Å². The van der Waals surface area contributed by atoms with E-state index in [9.17, 15) is 4.79 Å². The summed E-state index contributed by atoms with van der Waals surface area (Å²) in [6.07, 6.45) is 4.40. The molecular weight excluding hydrogens is 304 g/mol. The zero-order valence-corrected chi connectivity index (χ0v) is 13.4. The van der Waals surface area contributed by atoms with Crippen molar-refractivity contribution in [1.29, 1.82) is 5.26 Å². The maximum Gasteiger partial charge on any atom is 0.260 e. The minimum atomic E-state index is -0.0814. The summed E-state index contributed by atoms with van der Waals surface area (Å²) in [5, 5.41) is 9.19. The summed E-state index contributed by atoms with van der Waals surface area (Å²) in [6.45, 7) is 1.48. The maximum atomic E-state index is 12.2. The van der Waals surface area contributed by atoms with Gasteiger partial charge < -0.3 is 14.4 Å². The minimum absolute atomic E-state index is 0.0515. The van der Waals surface area contributed by atoms with Crippen LogP contribution in [-0.2, 0) is 4.79 Å². The molecule has 0 aliphatic carbocycles. The standard InChI is InChI=1S/C16H19ClN2O3/c1-21-14-9-12(10-18)8-13(17)16(14)22-11-15(20)19-6-4-2-3-5-7-19/h8-9H,2-7,11H2,1H3. The number of nitriles is 1. The predicted molar refractivity (Wildman–Crippen MR) is 83.3 cm³/mol. The average Bonchev–Trinajstić information content (AvgIpc) is 2.81. The van der Waals surface area contributed by atoms with Crippen LogP contribution in [0.3, 0.4) is 0 Å². The Kier molecular flexibility index (Phi) is 5.91. The van der Waals surface area contributed by atoms with Gasteiger partial charge in [-0.3, -0.25) is 4.79 Å². The molecule has 0 saturated carbocycles. The predicted octanol–water partition coefficient (Wildman–Crippen LogP) is 3.00. The van der Waals surface area contributed by atoms with E-state index >= 15 is 0 Å². The number of nitrogens with zero attached hydrogens (tertiary/aromatic N) is 2. The molecule has 0 aromatic heterocycles. The van der Waals surface area contributed by atoms with Crippen LogP contribution in [-0.4, -0.2) is 37.6 Å². The van der Waals surface area contributed by atoms with Gasteiger partial charge in [0.15, 0.2) is 18.1 Å². The second-order valence-electron chi connectivity index (χ2n) is 5.18. The number of benzene rings is 1. The van der Waals surface area contributed by atoms with Crippen LogP contribution in [0.5, 0.6) is 11.5 Å². The third-order valence-corrected chi connectivity index (χ3v) is 3.94. The zero-order valence-electron chi connectivity index (χ0n) is 12.6. The molecule has 1 aromatic rings. The fraction of sp³-hybridized carbons (Fsp3) is 0.500. The molecule has 0 unspecified atom stereocenters. The number of likely N-dealkylation sites (tertiary alicyclic amines) is 1. The Balaban J connectivity index is 2.04. The van der Waals surface area contributed by atoms with E-state index in [1.807, 2.05) is 11.0 Å². The van der Waals surface area contributed by atoms with Crippen LogP contribution >= 0.6 is 11.6 Å². The molecule has 1 fully saturated rings. The highest BCUT2D eigenvalue weighted by Crippen LogP contribution is 2.36. The summed E-state index contributed by atoms with van der Waals surface area (Å²) in [5.74, 6) is 0.600. The Morgan fingerprint density at radius 3 is 2.59 bits per heavy atom. The SMILES string of the molecule is COc1cc(C#N)cc(Cl)c1OCC(=O)N1CCCCCC1. The normalized spacial score (nSPS) is 14.9. The van der Waals surface area contributed by atoms with Crippen LogP contribution in [0.25, 0.3) is 0 Å². The Labute approximate surface area is 135 Å². The van der Waals surface area contributed by atoms with E-state index in [-0.39, 0.29) is 17.5 Å². The van der Waals surface area contributed by atoms with Gasteiger partial charge in [-0.15, -0.1) is 0 Å². The highest BCUT2D eigenvalue weighted by Gasteiger charge is 2.18. The van der Waals surface area contributed by atoms with E-state index in [1.54, 1.807) is 0 Å². The lowest BCUT2D eigenvalue weighted by Gasteiger charge is -2.21. The molecule has 1 aliphatic rings. The molecule has 1 aromatic carbocycles. The topological polar surface area (TPSA) is 62.6 Å². The molecule has 1 saturated heterocycles. The Bertz CT molecular complexity index is 575. The van der Waals surface area contributed by atoms with Crippen LogP contribution < -0.4 is 9.47 Å². The van der Waals surface area contributed by atoms with Gasteiger partial charge in [0.1, 0.15) is 0 Å².